The zero-order valence-corrected chi connectivity index (χ0v) is 8.49. The second-order valence-corrected chi connectivity index (χ2v) is 3.49. The van der Waals surface area contributed by atoms with Crippen LogP contribution in [-0.4, -0.2) is 4.98 Å². The number of aryl methyl sites for hydroxylation is 1. The van der Waals surface area contributed by atoms with Gasteiger partial charge in [-0.05, 0) is 30.5 Å². The smallest absolute Gasteiger partial charge is 0.0349 e. The average molecular weight is 183 g/mol. The molecule has 0 radical (unpaired) electrons. The molecule has 1 nitrogen and oxygen atoms in total. The fraction of sp³-hybridized carbons (Fsp3) is 0.154. The van der Waals surface area contributed by atoms with E-state index in [0.717, 1.165) is 0 Å². The van der Waals surface area contributed by atoms with Gasteiger partial charge in [-0.1, -0.05) is 30.3 Å². The maximum absolute atomic E-state index is 4.22. The quantitative estimate of drug-likeness (QED) is 0.660. The molecule has 1 aromatic carbocycles. The third-order valence-corrected chi connectivity index (χ3v) is 2.55. The molecular weight excluding hydrogens is 170 g/mol. The molecular formula is C13H13N. The van der Waals surface area contributed by atoms with Crippen LogP contribution < -0.4 is 0 Å². The standard InChI is InChI=1S/C13H13N/c1-10-8-14-9-13(11(10)2)12-6-4-3-5-7-12/h3-9H,1-2H3. The molecule has 1 aromatic heterocycles. The monoisotopic (exact) mass is 183 g/mol. The highest BCUT2D eigenvalue weighted by Gasteiger charge is 2.02. The van der Waals surface area contributed by atoms with E-state index >= 15 is 0 Å². The van der Waals surface area contributed by atoms with Gasteiger partial charge in [0, 0.05) is 18.0 Å². The minimum Gasteiger partial charge on any atom is -0.264 e. The molecule has 1 heterocycles. The maximum Gasteiger partial charge on any atom is 0.0349 e. The highest BCUT2D eigenvalue weighted by atomic mass is 14.6. The van der Waals surface area contributed by atoms with Gasteiger partial charge in [0.25, 0.3) is 0 Å². The van der Waals surface area contributed by atoms with Crippen molar-refractivity contribution in [3.05, 3.63) is 53.9 Å². The first-order valence-corrected chi connectivity index (χ1v) is 4.75. The van der Waals surface area contributed by atoms with Gasteiger partial charge in [-0.25, -0.2) is 0 Å². The Bertz CT molecular complexity index is 432. The summed E-state index contributed by atoms with van der Waals surface area (Å²) >= 11 is 0. The Balaban J connectivity index is 2.58. The van der Waals surface area contributed by atoms with Gasteiger partial charge in [0.2, 0.25) is 0 Å². The summed E-state index contributed by atoms with van der Waals surface area (Å²) in [6, 6.07) is 10.4. The first kappa shape index (κ1) is 8.95. The number of rotatable bonds is 1. The van der Waals surface area contributed by atoms with E-state index in [1.165, 1.54) is 22.3 Å². The SMILES string of the molecule is Cc1cncc(-c2ccccc2)c1C. The lowest BCUT2D eigenvalue weighted by molar-refractivity contribution is 1.22. The van der Waals surface area contributed by atoms with Gasteiger partial charge in [-0.2, -0.15) is 0 Å². The largest absolute Gasteiger partial charge is 0.264 e. The van der Waals surface area contributed by atoms with Crippen LogP contribution in [0.1, 0.15) is 11.1 Å². The molecule has 0 fully saturated rings. The van der Waals surface area contributed by atoms with E-state index in [0.29, 0.717) is 0 Å². The summed E-state index contributed by atoms with van der Waals surface area (Å²) in [5, 5.41) is 0. The van der Waals surface area contributed by atoms with Crippen molar-refractivity contribution in [1.29, 1.82) is 0 Å². The van der Waals surface area contributed by atoms with Crippen LogP contribution in [0.4, 0.5) is 0 Å². The molecule has 0 saturated carbocycles. The van der Waals surface area contributed by atoms with E-state index in [2.05, 4.69) is 43.1 Å². The van der Waals surface area contributed by atoms with Crippen molar-refractivity contribution in [2.45, 2.75) is 13.8 Å². The molecule has 0 unspecified atom stereocenters. The molecule has 0 aliphatic heterocycles. The average Bonchev–Trinajstić information content (AvgIpc) is 2.23. The Morgan fingerprint density at radius 2 is 1.64 bits per heavy atom. The van der Waals surface area contributed by atoms with Gasteiger partial charge in [0.15, 0.2) is 0 Å². The summed E-state index contributed by atoms with van der Waals surface area (Å²) < 4.78 is 0. The minimum absolute atomic E-state index is 1.23. The van der Waals surface area contributed by atoms with Crippen LogP contribution in [-0.2, 0) is 0 Å². The summed E-state index contributed by atoms with van der Waals surface area (Å²) in [6.45, 7) is 4.23. The van der Waals surface area contributed by atoms with Crippen LogP contribution in [0.5, 0.6) is 0 Å². The van der Waals surface area contributed by atoms with Crippen LogP contribution in [0, 0.1) is 13.8 Å². The van der Waals surface area contributed by atoms with Crippen LogP contribution in [0.3, 0.4) is 0 Å². The van der Waals surface area contributed by atoms with Crippen molar-refractivity contribution in [3.63, 3.8) is 0 Å². The molecule has 0 aliphatic rings. The third kappa shape index (κ3) is 1.53. The summed E-state index contributed by atoms with van der Waals surface area (Å²) in [4.78, 5) is 4.22. The van der Waals surface area contributed by atoms with Gasteiger partial charge in [0.05, 0.1) is 0 Å². The Kier molecular flexibility index (Phi) is 2.32. The molecule has 0 aliphatic carbocycles. The molecule has 70 valence electrons. The minimum atomic E-state index is 1.23. The lowest BCUT2D eigenvalue weighted by atomic mass is 10.0. The molecule has 2 aromatic rings. The highest BCUT2D eigenvalue weighted by molar-refractivity contribution is 5.66. The van der Waals surface area contributed by atoms with E-state index in [1.54, 1.807) is 0 Å². The Labute approximate surface area is 84.4 Å². The number of aromatic nitrogens is 1. The van der Waals surface area contributed by atoms with Gasteiger partial charge < -0.3 is 0 Å². The molecule has 0 atom stereocenters. The third-order valence-electron chi connectivity index (χ3n) is 2.55. The second kappa shape index (κ2) is 3.62. The molecule has 0 amide bonds. The zero-order valence-electron chi connectivity index (χ0n) is 8.49. The van der Waals surface area contributed by atoms with Crippen LogP contribution in [0.2, 0.25) is 0 Å². The summed E-state index contributed by atoms with van der Waals surface area (Å²) in [6.07, 6.45) is 3.83. The topological polar surface area (TPSA) is 12.9 Å². The Morgan fingerprint density at radius 3 is 2.36 bits per heavy atom. The van der Waals surface area contributed by atoms with Crippen molar-refractivity contribution >= 4 is 0 Å². The first-order valence-electron chi connectivity index (χ1n) is 4.75. The predicted octanol–water partition coefficient (Wildman–Crippen LogP) is 3.37. The maximum atomic E-state index is 4.22. The lowest BCUT2D eigenvalue weighted by Crippen LogP contribution is -1.88. The van der Waals surface area contributed by atoms with Crippen molar-refractivity contribution in [2.75, 3.05) is 0 Å². The molecule has 2 rings (SSSR count). The second-order valence-electron chi connectivity index (χ2n) is 3.49. The molecule has 0 bridgehead atoms. The van der Waals surface area contributed by atoms with Crippen molar-refractivity contribution in [1.82, 2.24) is 4.98 Å². The summed E-state index contributed by atoms with van der Waals surface area (Å²) in [5.74, 6) is 0. The van der Waals surface area contributed by atoms with Gasteiger partial charge in [-0.15, -0.1) is 0 Å². The van der Waals surface area contributed by atoms with Crippen LogP contribution in [0.25, 0.3) is 11.1 Å². The first-order chi connectivity index (χ1) is 6.79. The lowest BCUT2D eigenvalue weighted by Gasteiger charge is -2.07. The molecule has 14 heavy (non-hydrogen) atoms. The molecule has 0 N–H and O–H groups in total. The fourth-order valence-corrected chi connectivity index (χ4v) is 1.54. The summed E-state index contributed by atoms with van der Waals surface area (Å²) in [5.41, 5.74) is 5.02. The van der Waals surface area contributed by atoms with E-state index in [-0.39, 0.29) is 0 Å². The highest BCUT2D eigenvalue weighted by Crippen LogP contribution is 2.23. The Morgan fingerprint density at radius 1 is 0.929 bits per heavy atom. The van der Waals surface area contributed by atoms with Gasteiger partial charge in [0.1, 0.15) is 0 Å². The van der Waals surface area contributed by atoms with E-state index in [4.69, 9.17) is 0 Å². The number of hydrogen-bond acceptors (Lipinski definition) is 1. The van der Waals surface area contributed by atoms with Crippen molar-refractivity contribution < 1.29 is 0 Å². The fourth-order valence-electron chi connectivity index (χ4n) is 1.54. The number of benzene rings is 1. The van der Waals surface area contributed by atoms with Gasteiger partial charge >= 0.3 is 0 Å². The predicted molar refractivity (Wildman–Crippen MR) is 59.1 cm³/mol. The normalized spacial score (nSPS) is 10.1. The molecule has 0 saturated heterocycles. The molecule has 1 heteroatoms. The van der Waals surface area contributed by atoms with Gasteiger partial charge in [-0.3, -0.25) is 4.98 Å². The number of nitrogens with zero attached hydrogens (tertiary/aromatic N) is 1. The Hall–Kier alpha value is -1.63. The van der Waals surface area contributed by atoms with Crippen molar-refractivity contribution in [3.8, 4) is 11.1 Å². The van der Waals surface area contributed by atoms with E-state index in [1.807, 2.05) is 18.5 Å². The summed E-state index contributed by atoms with van der Waals surface area (Å²) in [7, 11) is 0. The number of hydrogen-bond donors (Lipinski definition) is 0. The van der Waals surface area contributed by atoms with Crippen LogP contribution >= 0.6 is 0 Å². The van der Waals surface area contributed by atoms with Crippen molar-refractivity contribution in [2.24, 2.45) is 0 Å². The van der Waals surface area contributed by atoms with Crippen LogP contribution in [0.15, 0.2) is 42.7 Å². The molecule has 0 spiro atoms. The zero-order chi connectivity index (χ0) is 9.97. The number of pyridine rings is 1. The van der Waals surface area contributed by atoms with E-state index < -0.39 is 0 Å². The van der Waals surface area contributed by atoms with E-state index in [9.17, 15) is 0 Å².